The minimum absolute atomic E-state index is 0.0140. The predicted octanol–water partition coefficient (Wildman–Crippen LogP) is 1.44. The van der Waals surface area contributed by atoms with Crippen LogP contribution in [-0.2, 0) is 9.53 Å². The van der Waals surface area contributed by atoms with Gasteiger partial charge in [0.05, 0.1) is 6.21 Å². The topological polar surface area (TPSA) is 50.7 Å². The summed E-state index contributed by atoms with van der Waals surface area (Å²) in [5.74, 6) is -0.305. The first-order valence-electron chi connectivity index (χ1n) is 4.29. The molecule has 0 aliphatic rings. The van der Waals surface area contributed by atoms with E-state index in [-0.39, 0.29) is 12.5 Å². The summed E-state index contributed by atoms with van der Waals surface area (Å²) in [4.78, 5) is 10.9. The van der Waals surface area contributed by atoms with Crippen molar-refractivity contribution in [3.8, 4) is 0 Å². The molecule has 0 fully saturated rings. The predicted molar refractivity (Wildman–Crippen MR) is 59.1 cm³/mol. The third-order valence-electron chi connectivity index (χ3n) is 1.57. The lowest BCUT2D eigenvalue weighted by Gasteiger charge is -1.98. The van der Waals surface area contributed by atoms with E-state index in [1.165, 1.54) is 13.3 Å². The van der Waals surface area contributed by atoms with Crippen molar-refractivity contribution < 1.29 is 9.53 Å². The van der Waals surface area contributed by atoms with Gasteiger partial charge in [-0.15, -0.1) is 0 Å². The second kappa shape index (κ2) is 6.16. The second-order valence-electron chi connectivity index (χ2n) is 2.75. The van der Waals surface area contributed by atoms with E-state index < -0.39 is 0 Å². The summed E-state index contributed by atoms with van der Waals surface area (Å²) in [6.45, 7) is -0.0140. The average molecular weight is 227 g/mol. The van der Waals surface area contributed by atoms with E-state index in [0.717, 1.165) is 5.56 Å². The van der Waals surface area contributed by atoms with Crippen LogP contribution in [0.5, 0.6) is 0 Å². The van der Waals surface area contributed by atoms with Crippen molar-refractivity contribution in [1.82, 2.24) is 5.43 Å². The number of amides is 1. The average Bonchev–Trinajstić information content (AvgIpc) is 2.21. The van der Waals surface area contributed by atoms with Crippen molar-refractivity contribution in [3.63, 3.8) is 0 Å². The number of halogens is 1. The van der Waals surface area contributed by atoms with Crippen LogP contribution in [0.25, 0.3) is 0 Å². The monoisotopic (exact) mass is 226 g/mol. The third-order valence-corrected chi connectivity index (χ3v) is 1.92. The van der Waals surface area contributed by atoms with Gasteiger partial charge in [0, 0.05) is 17.7 Å². The number of rotatable bonds is 4. The standard InChI is InChI=1S/C10H11ClN2O2/c1-15-7-10(14)13-12-6-8-4-2-3-5-9(8)11/h2-6H,7H2,1H3,(H,13,14)/b12-6+. The Kier molecular flexibility index (Phi) is 4.80. The largest absolute Gasteiger partial charge is 0.375 e. The molecule has 1 aromatic carbocycles. The summed E-state index contributed by atoms with van der Waals surface area (Å²) >= 11 is 5.87. The van der Waals surface area contributed by atoms with Crippen molar-refractivity contribution >= 4 is 23.7 Å². The molecular weight excluding hydrogens is 216 g/mol. The van der Waals surface area contributed by atoms with E-state index in [1.54, 1.807) is 12.1 Å². The molecule has 0 aliphatic heterocycles. The first-order valence-corrected chi connectivity index (χ1v) is 4.67. The Labute approximate surface area is 92.9 Å². The number of hydrazone groups is 1. The molecule has 0 spiro atoms. The number of methoxy groups -OCH3 is 1. The van der Waals surface area contributed by atoms with Crippen molar-refractivity contribution in [2.24, 2.45) is 5.10 Å². The Morgan fingerprint density at radius 1 is 1.60 bits per heavy atom. The summed E-state index contributed by atoms with van der Waals surface area (Å²) in [5, 5.41) is 4.32. The molecule has 0 aromatic heterocycles. The lowest BCUT2D eigenvalue weighted by Crippen LogP contribution is -2.22. The second-order valence-corrected chi connectivity index (χ2v) is 3.15. The van der Waals surface area contributed by atoms with E-state index in [1.807, 2.05) is 12.1 Å². The van der Waals surface area contributed by atoms with Crippen molar-refractivity contribution in [2.75, 3.05) is 13.7 Å². The molecule has 0 atom stereocenters. The van der Waals surface area contributed by atoms with Crippen LogP contribution in [0.4, 0.5) is 0 Å². The zero-order valence-corrected chi connectivity index (χ0v) is 8.99. The quantitative estimate of drug-likeness (QED) is 0.624. The van der Waals surface area contributed by atoms with E-state index in [9.17, 15) is 4.79 Å². The van der Waals surface area contributed by atoms with Gasteiger partial charge in [-0.2, -0.15) is 5.10 Å². The Morgan fingerprint density at radius 3 is 3.00 bits per heavy atom. The molecule has 1 amide bonds. The molecule has 0 aliphatic carbocycles. The Hall–Kier alpha value is -1.39. The van der Waals surface area contributed by atoms with Crippen molar-refractivity contribution in [1.29, 1.82) is 0 Å². The molecule has 1 aromatic rings. The highest BCUT2D eigenvalue weighted by Gasteiger charge is 1.97. The minimum atomic E-state index is -0.305. The third kappa shape index (κ3) is 4.10. The highest BCUT2D eigenvalue weighted by atomic mass is 35.5. The van der Waals surface area contributed by atoms with Crippen molar-refractivity contribution in [2.45, 2.75) is 0 Å². The van der Waals surface area contributed by atoms with Crippen LogP contribution in [0.3, 0.4) is 0 Å². The first kappa shape index (κ1) is 11.7. The van der Waals surface area contributed by atoms with Crippen LogP contribution >= 0.6 is 11.6 Å². The number of hydrogen-bond donors (Lipinski definition) is 1. The molecule has 5 heteroatoms. The van der Waals surface area contributed by atoms with E-state index >= 15 is 0 Å². The van der Waals surface area contributed by atoms with Gasteiger partial charge in [-0.3, -0.25) is 4.79 Å². The summed E-state index contributed by atoms with van der Waals surface area (Å²) < 4.78 is 4.62. The van der Waals surface area contributed by atoms with Crippen LogP contribution < -0.4 is 5.43 Å². The van der Waals surface area contributed by atoms with E-state index in [2.05, 4.69) is 15.3 Å². The van der Waals surface area contributed by atoms with Crippen LogP contribution in [0, 0.1) is 0 Å². The maximum atomic E-state index is 10.9. The van der Waals surface area contributed by atoms with Crippen LogP contribution in [0.15, 0.2) is 29.4 Å². The van der Waals surface area contributed by atoms with Gasteiger partial charge in [0.15, 0.2) is 0 Å². The van der Waals surface area contributed by atoms with Gasteiger partial charge >= 0.3 is 0 Å². The van der Waals surface area contributed by atoms with Crippen molar-refractivity contribution in [3.05, 3.63) is 34.9 Å². The van der Waals surface area contributed by atoms with Gasteiger partial charge in [0.1, 0.15) is 6.61 Å². The number of ether oxygens (including phenoxy) is 1. The molecule has 15 heavy (non-hydrogen) atoms. The molecule has 0 unspecified atom stereocenters. The Balaban J connectivity index is 2.52. The molecule has 80 valence electrons. The number of hydrogen-bond acceptors (Lipinski definition) is 3. The first-order chi connectivity index (χ1) is 7.24. The van der Waals surface area contributed by atoms with Crippen LogP contribution in [-0.4, -0.2) is 25.8 Å². The molecule has 1 rings (SSSR count). The SMILES string of the molecule is COCC(=O)N/N=C/c1ccccc1Cl. The fourth-order valence-corrected chi connectivity index (χ4v) is 1.10. The minimum Gasteiger partial charge on any atom is -0.375 e. The molecule has 0 heterocycles. The lowest BCUT2D eigenvalue weighted by atomic mass is 10.2. The molecule has 0 saturated carbocycles. The van der Waals surface area contributed by atoms with Gasteiger partial charge < -0.3 is 4.74 Å². The molecule has 0 saturated heterocycles. The lowest BCUT2D eigenvalue weighted by molar-refractivity contribution is -0.124. The maximum Gasteiger partial charge on any atom is 0.266 e. The highest BCUT2D eigenvalue weighted by Crippen LogP contribution is 2.11. The number of nitrogens with zero attached hydrogens (tertiary/aromatic N) is 1. The van der Waals surface area contributed by atoms with Gasteiger partial charge in [0.2, 0.25) is 0 Å². The van der Waals surface area contributed by atoms with Gasteiger partial charge in [-0.1, -0.05) is 29.8 Å². The Morgan fingerprint density at radius 2 is 2.33 bits per heavy atom. The van der Waals surface area contributed by atoms with E-state index in [4.69, 9.17) is 11.6 Å². The van der Waals surface area contributed by atoms with Crippen LogP contribution in [0.1, 0.15) is 5.56 Å². The van der Waals surface area contributed by atoms with Crippen LogP contribution in [0.2, 0.25) is 5.02 Å². The molecular formula is C10H11ClN2O2. The fourth-order valence-electron chi connectivity index (χ4n) is 0.917. The maximum absolute atomic E-state index is 10.9. The van der Waals surface area contributed by atoms with Gasteiger partial charge in [-0.05, 0) is 6.07 Å². The zero-order chi connectivity index (χ0) is 11.1. The summed E-state index contributed by atoms with van der Waals surface area (Å²) in [5.41, 5.74) is 3.05. The molecule has 1 N–H and O–H groups in total. The zero-order valence-electron chi connectivity index (χ0n) is 8.24. The highest BCUT2D eigenvalue weighted by molar-refractivity contribution is 6.33. The van der Waals surface area contributed by atoms with Gasteiger partial charge in [0.25, 0.3) is 5.91 Å². The van der Waals surface area contributed by atoms with Gasteiger partial charge in [-0.25, -0.2) is 5.43 Å². The summed E-state index contributed by atoms with van der Waals surface area (Å²) in [6.07, 6.45) is 1.48. The normalized spacial score (nSPS) is 10.5. The van der Waals surface area contributed by atoms with E-state index in [0.29, 0.717) is 5.02 Å². The number of carbonyl (C=O) groups is 1. The molecule has 4 nitrogen and oxygen atoms in total. The number of carbonyl (C=O) groups excluding carboxylic acids is 1. The number of nitrogens with one attached hydrogen (secondary N) is 1. The molecule has 0 bridgehead atoms. The summed E-state index contributed by atoms with van der Waals surface area (Å²) in [6, 6.07) is 7.21. The smallest absolute Gasteiger partial charge is 0.266 e. The molecule has 0 radical (unpaired) electrons. The Bertz CT molecular complexity index is 366. The number of benzene rings is 1. The summed E-state index contributed by atoms with van der Waals surface area (Å²) in [7, 11) is 1.44. The fraction of sp³-hybridized carbons (Fsp3) is 0.200.